The lowest BCUT2D eigenvalue weighted by Gasteiger charge is -2.28. The van der Waals surface area contributed by atoms with Crippen molar-refractivity contribution in [3.63, 3.8) is 0 Å². The zero-order valence-electron chi connectivity index (χ0n) is 11.3. The molecule has 3 heterocycles. The number of piperazine rings is 1. The van der Waals surface area contributed by atoms with E-state index in [1.807, 2.05) is 23.0 Å². The largest absolute Gasteiger partial charge is 0.369 e. The summed E-state index contributed by atoms with van der Waals surface area (Å²) >= 11 is 0. The van der Waals surface area contributed by atoms with Gasteiger partial charge in [0.15, 0.2) is 11.5 Å². The van der Waals surface area contributed by atoms with Crippen molar-refractivity contribution in [2.45, 2.75) is 13.3 Å². The quantitative estimate of drug-likeness (QED) is 0.857. The first-order valence-electron chi connectivity index (χ1n) is 6.91. The van der Waals surface area contributed by atoms with Gasteiger partial charge in [0.25, 0.3) is 0 Å². The number of anilines is 2. The van der Waals surface area contributed by atoms with E-state index in [0.29, 0.717) is 0 Å². The van der Waals surface area contributed by atoms with Gasteiger partial charge < -0.3 is 19.9 Å². The van der Waals surface area contributed by atoms with E-state index in [9.17, 15) is 0 Å². The monoisotopic (exact) mass is 260 g/mol. The van der Waals surface area contributed by atoms with Gasteiger partial charge in [-0.2, -0.15) is 0 Å². The van der Waals surface area contributed by atoms with Crippen LogP contribution in [0.15, 0.2) is 18.6 Å². The van der Waals surface area contributed by atoms with Crippen molar-refractivity contribution in [3.05, 3.63) is 18.6 Å². The van der Waals surface area contributed by atoms with E-state index in [1.165, 1.54) is 0 Å². The van der Waals surface area contributed by atoms with Crippen LogP contribution in [0.2, 0.25) is 0 Å². The van der Waals surface area contributed by atoms with Crippen LogP contribution in [0.3, 0.4) is 0 Å². The number of rotatable bonds is 4. The van der Waals surface area contributed by atoms with E-state index in [-0.39, 0.29) is 0 Å². The molecule has 1 fully saturated rings. The van der Waals surface area contributed by atoms with Crippen molar-refractivity contribution >= 4 is 17.3 Å². The van der Waals surface area contributed by atoms with Gasteiger partial charge in [-0.25, -0.2) is 9.97 Å². The zero-order chi connectivity index (χ0) is 13.1. The summed E-state index contributed by atoms with van der Waals surface area (Å²) < 4.78 is 2.04. The Morgan fingerprint density at radius 3 is 3.00 bits per heavy atom. The Kier molecular flexibility index (Phi) is 3.50. The number of hydrogen-bond donors (Lipinski definition) is 2. The summed E-state index contributed by atoms with van der Waals surface area (Å²) in [6, 6.07) is 0. The third-order valence-corrected chi connectivity index (χ3v) is 3.33. The highest BCUT2D eigenvalue weighted by atomic mass is 15.3. The van der Waals surface area contributed by atoms with Crippen LogP contribution in [0.4, 0.5) is 11.6 Å². The van der Waals surface area contributed by atoms with Gasteiger partial charge in [-0.05, 0) is 6.42 Å². The molecule has 2 aromatic rings. The molecule has 0 bridgehead atoms. The summed E-state index contributed by atoms with van der Waals surface area (Å²) in [6.07, 6.45) is 6.89. The fourth-order valence-electron chi connectivity index (χ4n) is 2.34. The van der Waals surface area contributed by atoms with Gasteiger partial charge >= 0.3 is 0 Å². The molecule has 0 aliphatic carbocycles. The van der Waals surface area contributed by atoms with Crippen LogP contribution < -0.4 is 15.5 Å². The average molecular weight is 260 g/mol. The second-order valence-electron chi connectivity index (χ2n) is 4.77. The highest BCUT2D eigenvalue weighted by Crippen LogP contribution is 2.21. The van der Waals surface area contributed by atoms with Gasteiger partial charge in [0, 0.05) is 45.1 Å². The maximum Gasteiger partial charge on any atom is 0.180 e. The van der Waals surface area contributed by atoms with E-state index < -0.39 is 0 Å². The van der Waals surface area contributed by atoms with Crippen LogP contribution in [0.5, 0.6) is 0 Å². The third-order valence-electron chi connectivity index (χ3n) is 3.33. The first-order chi connectivity index (χ1) is 9.38. The van der Waals surface area contributed by atoms with Crippen LogP contribution >= 0.6 is 0 Å². The van der Waals surface area contributed by atoms with Gasteiger partial charge in [0.05, 0.1) is 6.20 Å². The number of hydrogen-bond acceptors (Lipinski definition) is 5. The molecular formula is C13H20N6. The summed E-state index contributed by atoms with van der Waals surface area (Å²) in [5.74, 6) is 1.90. The molecule has 0 saturated carbocycles. The molecular weight excluding hydrogens is 240 g/mol. The Balaban J connectivity index is 1.97. The number of fused-ring (bicyclic) bond motifs is 1. The van der Waals surface area contributed by atoms with Crippen molar-refractivity contribution < 1.29 is 0 Å². The average Bonchev–Trinajstić information content (AvgIpc) is 2.93. The molecule has 102 valence electrons. The van der Waals surface area contributed by atoms with E-state index in [4.69, 9.17) is 4.98 Å². The van der Waals surface area contributed by atoms with Gasteiger partial charge in [0.2, 0.25) is 0 Å². The molecule has 0 amide bonds. The molecule has 6 nitrogen and oxygen atoms in total. The van der Waals surface area contributed by atoms with Crippen molar-refractivity contribution in [1.29, 1.82) is 0 Å². The standard InChI is InChI=1S/C13H20N6/c1-2-3-15-11-10-19-9-6-16-12(19)13(17-11)18-7-4-14-5-8-18/h6,9-10,14-15H,2-5,7-8H2,1H3. The molecule has 1 saturated heterocycles. The Morgan fingerprint density at radius 1 is 1.37 bits per heavy atom. The van der Waals surface area contributed by atoms with Crippen LogP contribution in [0.1, 0.15) is 13.3 Å². The molecule has 6 heteroatoms. The van der Waals surface area contributed by atoms with Crippen molar-refractivity contribution in [2.24, 2.45) is 0 Å². The van der Waals surface area contributed by atoms with Gasteiger partial charge in [-0.15, -0.1) is 0 Å². The summed E-state index contributed by atoms with van der Waals surface area (Å²) in [5.41, 5.74) is 0.934. The van der Waals surface area contributed by atoms with E-state index >= 15 is 0 Å². The van der Waals surface area contributed by atoms with Gasteiger partial charge in [-0.3, -0.25) is 0 Å². The van der Waals surface area contributed by atoms with Crippen LogP contribution in [0.25, 0.3) is 5.65 Å². The molecule has 1 aliphatic rings. The first-order valence-corrected chi connectivity index (χ1v) is 6.91. The molecule has 0 atom stereocenters. The molecule has 3 rings (SSSR count). The lowest BCUT2D eigenvalue weighted by Crippen LogP contribution is -2.44. The highest BCUT2D eigenvalue weighted by molar-refractivity contribution is 5.67. The van der Waals surface area contributed by atoms with E-state index in [0.717, 1.165) is 56.4 Å². The lowest BCUT2D eigenvalue weighted by atomic mass is 10.3. The lowest BCUT2D eigenvalue weighted by molar-refractivity contribution is 0.585. The first kappa shape index (κ1) is 12.2. The Morgan fingerprint density at radius 2 is 2.21 bits per heavy atom. The van der Waals surface area contributed by atoms with E-state index in [2.05, 4.69) is 27.4 Å². The Labute approximate surface area is 112 Å². The Bertz CT molecular complexity index is 543. The number of imidazole rings is 1. The SMILES string of the molecule is CCCNc1cn2ccnc2c(N2CCNCC2)n1. The fraction of sp³-hybridized carbons (Fsp3) is 0.538. The molecule has 0 radical (unpaired) electrons. The number of nitrogens with one attached hydrogen (secondary N) is 2. The minimum absolute atomic E-state index is 0.917. The van der Waals surface area contributed by atoms with Crippen LogP contribution in [0, 0.1) is 0 Å². The Hall–Kier alpha value is -1.82. The predicted octanol–water partition coefficient (Wildman–Crippen LogP) is 0.961. The summed E-state index contributed by atoms with van der Waals surface area (Å²) in [6.45, 7) is 7.05. The predicted molar refractivity (Wildman–Crippen MR) is 76.9 cm³/mol. The molecule has 2 N–H and O–H groups in total. The summed E-state index contributed by atoms with van der Waals surface area (Å²) in [5, 5.41) is 6.72. The van der Waals surface area contributed by atoms with Crippen LogP contribution in [-0.2, 0) is 0 Å². The van der Waals surface area contributed by atoms with Crippen molar-refractivity contribution in [3.8, 4) is 0 Å². The van der Waals surface area contributed by atoms with E-state index in [1.54, 1.807) is 0 Å². The van der Waals surface area contributed by atoms with Crippen molar-refractivity contribution in [2.75, 3.05) is 42.9 Å². The topological polar surface area (TPSA) is 57.5 Å². The number of aromatic nitrogens is 3. The zero-order valence-corrected chi connectivity index (χ0v) is 11.3. The second kappa shape index (κ2) is 5.44. The molecule has 0 spiro atoms. The van der Waals surface area contributed by atoms with Crippen LogP contribution in [-0.4, -0.2) is 47.1 Å². The number of nitrogens with zero attached hydrogens (tertiary/aromatic N) is 4. The summed E-state index contributed by atoms with van der Waals surface area (Å²) in [7, 11) is 0. The molecule has 2 aromatic heterocycles. The normalized spacial score (nSPS) is 15.9. The van der Waals surface area contributed by atoms with Crippen molar-refractivity contribution in [1.82, 2.24) is 19.7 Å². The fourth-order valence-corrected chi connectivity index (χ4v) is 2.34. The summed E-state index contributed by atoms with van der Waals surface area (Å²) in [4.78, 5) is 11.5. The molecule has 0 aromatic carbocycles. The minimum atomic E-state index is 0.917. The molecule has 1 aliphatic heterocycles. The maximum absolute atomic E-state index is 4.74. The molecule has 0 unspecified atom stereocenters. The third kappa shape index (κ3) is 2.49. The maximum atomic E-state index is 4.74. The minimum Gasteiger partial charge on any atom is -0.369 e. The molecule has 19 heavy (non-hydrogen) atoms. The second-order valence-corrected chi connectivity index (χ2v) is 4.77. The van der Waals surface area contributed by atoms with Gasteiger partial charge in [0.1, 0.15) is 5.82 Å². The highest BCUT2D eigenvalue weighted by Gasteiger charge is 2.17. The smallest absolute Gasteiger partial charge is 0.180 e. The van der Waals surface area contributed by atoms with Gasteiger partial charge in [-0.1, -0.05) is 6.92 Å².